The molecule has 0 saturated heterocycles. The van der Waals surface area contributed by atoms with Gasteiger partial charge in [0.2, 0.25) is 11.8 Å². The van der Waals surface area contributed by atoms with Crippen LogP contribution >= 0.6 is 0 Å². The second-order valence-corrected chi connectivity index (χ2v) is 17.3. The number of ether oxygens (including phenoxy) is 1. The van der Waals surface area contributed by atoms with Crippen LogP contribution in [0.5, 0.6) is 0 Å². The second-order valence-electron chi connectivity index (χ2n) is 15.8. The molecule has 0 radical (unpaired) electrons. The molecule has 0 aliphatic rings. The van der Waals surface area contributed by atoms with Gasteiger partial charge in [-0.25, -0.2) is 8.42 Å². The van der Waals surface area contributed by atoms with Gasteiger partial charge < -0.3 is 43.7 Å². The fourth-order valence-corrected chi connectivity index (χ4v) is 4.45. The van der Waals surface area contributed by atoms with E-state index < -0.39 is 21.9 Å². The molecule has 0 aliphatic carbocycles. The Morgan fingerprint density at radius 3 is 1.32 bits per heavy atom. The summed E-state index contributed by atoms with van der Waals surface area (Å²) < 4.78 is 38.3. The van der Waals surface area contributed by atoms with Crippen LogP contribution in [0.4, 0.5) is 0 Å². The average Bonchev–Trinajstić information content (AvgIpc) is 3.12. The third-order valence-electron chi connectivity index (χ3n) is 9.87. The van der Waals surface area contributed by atoms with Gasteiger partial charge in [-0.2, -0.15) is 0 Å². The zero-order valence-corrected chi connectivity index (χ0v) is 44.3. The Hall–Kier alpha value is -1.09. The Morgan fingerprint density at radius 2 is 1.04 bits per heavy atom. The molecule has 2 N–H and O–H groups in total. The van der Waals surface area contributed by atoms with Crippen molar-refractivity contribution < 1.29 is 75.4 Å². The van der Waals surface area contributed by atoms with E-state index in [1.807, 2.05) is 55.4 Å². The van der Waals surface area contributed by atoms with Crippen LogP contribution in [0.3, 0.4) is 0 Å². The number of ketones is 1. The van der Waals surface area contributed by atoms with Gasteiger partial charge in [0.1, 0.15) is 5.78 Å². The normalized spacial score (nSPS) is 13.7. The molecule has 0 rings (SSSR count). The molecule has 0 heterocycles. The molecule has 6 atom stereocenters. The van der Waals surface area contributed by atoms with Crippen LogP contribution in [0, 0.1) is 44.4 Å². The van der Waals surface area contributed by atoms with Crippen LogP contribution in [0.25, 0.3) is 0 Å². The number of nitrogens with zero attached hydrogens (tertiary/aromatic N) is 2. The molecule has 0 aromatic heterocycles. The zero-order valence-electron chi connectivity index (χ0n) is 41.5. The summed E-state index contributed by atoms with van der Waals surface area (Å²) in [5, 5.41) is 5.51. The van der Waals surface area contributed by atoms with E-state index >= 15 is 0 Å². The molecule has 2 amide bonds. The van der Waals surface area contributed by atoms with E-state index in [1.165, 1.54) is 19.5 Å². The van der Waals surface area contributed by atoms with E-state index in [-0.39, 0.29) is 85.9 Å². The minimum atomic E-state index is -4.28. The van der Waals surface area contributed by atoms with Crippen molar-refractivity contribution in [3.8, 4) is 0 Å². The van der Waals surface area contributed by atoms with Gasteiger partial charge >= 0.3 is 35.5 Å². The van der Waals surface area contributed by atoms with E-state index in [0.29, 0.717) is 25.2 Å². The summed E-state index contributed by atoms with van der Waals surface area (Å²) in [7, 11) is 4.53. The summed E-state index contributed by atoms with van der Waals surface area (Å²) in [5.41, 5.74) is 0. The number of nitrogens with one attached hydrogen (secondary N) is 2. The SMILES string of the molecule is CCC(C)C(=O)NC[N+](C)(C)CC.CCC(C)C(C)=O.CCC(C)C[N+](C)(C)CC.CCC(CS(=O)(=O)[O-])NC(=O)C(C)CC.CCOC(=O)C(C)CC.[CH3-].[CH3-].[Na+]. The molecule has 14 heteroatoms. The molecular weight excluding hydrogens is 756 g/mol. The molecule has 0 bridgehead atoms. The Morgan fingerprint density at radius 1 is 0.632 bits per heavy atom. The topological polar surface area (TPSA) is 159 Å². The van der Waals surface area contributed by atoms with Crippen LogP contribution in [-0.4, -0.2) is 118 Å². The Bertz CT molecular complexity index is 1090. The maximum atomic E-state index is 11.4. The van der Waals surface area contributed by atoms with Crippen molar-refractivity contribution in [1.82, 2.24) is 10.6 Å². The number of hydrogen-bond donors (Lipinski definition) is 2. The quantitative estimate of drug-likeness (QED) is 0.0437. The number of rotatable bonds is 20. The van der Waals surface area contributed by atoms with E-state index in [9.17, 15) is 32.1 Å². The summed E-state index contributed by atoms with van der Waals surface area (Å²) in [4.78, 5) is 44.0. The average molecular weight is 851 g/mol. The maximum Gasteiger partial charge on any atom is 1.00 e. The standard InChI is InChI=1S/C10H22N2O.C9H19NO4S.C9H22N.C7H14O2.C6H12O.2CH3.Na/c1-6-9(3)10(13)11-8-12(4,5)7-2;1-4-7(3)9(11)10-8(5-2)6-15(12,13)14;1-6-9(3)8-10(4,5)7-2;1-4-6(3)7(8)9-5-2;1-4-5(2)6(3)7;;;/h9H,6-8H2,1-5H3;7-8H,4-6H2,1-3H3,(H,10,11)(H,12,13,14);9H,6-8H2,1-5H3;6H,4-5H2,1-3H3;5H,4H2,1-3H3;2*1H3;/q;;+1;;;2*-1;+1. The number of quaternary nitrogens is 2. The molecular formula is C43H95N4NaO8S. The molecule has 12 nitrogen and oxygen atoms in total. The smallest absolute Gasteiger partial charge is 0.748 e. The predicted octanol–water partition coefficient (Wildman–Crippen LogP) is 4.93. The fraction of sp³-hybridized carbons (Fsp3) is 0.860. The second kappa shape index (κ2) is 41.6. The van der Waals surface area contributed by atoms with Gasteiger partial charge in [0, 0.05) is 29.7 Å². The molecule has 0 spiro atoms. The van der Waals surface area contributed by atoms with Gasteiger partial charge in [-0.1, -0.05) is 76.2 Å². The van der Waals surface area contributed by atoms with E-state index in [0.717, 1.165) is 47.4 Å². The van der Waals surface area contributed by atoms with Crippen LogP contribution in [0.1, 0.15) is 142 Å². The predicted molar refractivity (Wildman–Crippen MR) is 237 cm³/mol. The minimum absolute atomic E-state index is 0. The van der Waals surface area contributed by atoms with Gasteiger partial charge in [-0.15, -0.1) is 0 Å². The minimum Gasteiger partial charge on any atom is -0.748 e. The molecule has 0 aromatic rings. The summed E-state index contributed by atoms with van der Waals surface area (Å²) in [5.74, 6) is 0.814. The van der Waals surface area contributed by atoms with Crippen LogP contribution in [0.15, 0.2) is 0 Å². The number of Topliss-reactive ketones (excluding diaryl/α,β-unsaturated/α-hetero) is 1. The number of esters is 1. The first-order valence-corrected chi connectivity index (χ1v) is 22.0. The van der Waals surface area contributed by atoms with Crippen molar-refractivity contribution in [2.45, 2.75) is 148 Å². The molecule has 6 unspecified atom stereocenters. The maximum absolute atomic E-state index is 11.4. The zero-order chi connectivity index (χ0) is 43.9. The van der Waals surface area contributed by atoms with Crippen molar-refractivity contribution in [3.63, 3.8) is 0 Å². The molecule has 0 aromatic carbocycles. The molecule has 0 aliphatic heterocycles. The molecule has 342 valence electrons. The Balaban J connectivity index is -0.0000000885. The van der Waals surface area contributed by atoms with Crippen molar-refractivity contribution in [2.24, 2.45) is 29.6 Å². The van der Waals surface area contributed by atoms with Crippen molar-refractivity contribution in [3.05, 3.63) is 14.9 Å². The van der Waals surface area contributed by atoms with Crippen molar-refractivity contribution in [2.75, 3.05) is 66.9 Å². The van der Waals surface area contributed by atoms with E-state index in [4.69, 9.17) is 4.74 Å². The first-order valence-electron chi connectivity index (χ1n) is 20.5. The number of amides is 2. The Kier molecular flexibility index (Phi) is 53.6. The first kappa shape index (κ1) is 73.4. The molecule has 0 saturated carbocycles. The Labute approximate surface area is 377 Å². The molecule has 57 heavy (non-hydrogen) atoms. The van der Waals surface area contributed by atoms with Gasteiger partial charge in [-0.3, -0.25) is 19.2 Å². The van der Waals surface area contributed by atoms with Crippen molar-refractivity contribution in [1.29, 1.82) is 0 Å². The summed E-state index contributed by atoms with van der Waals surface area (Å²) in [6.07, 6.45) is 5.16. The monoisotopic (exact) mass is 851 g/mol. The fourth-order valence-electron chi connectivity index (χ4n) is 3.64. The summed E-state index contributed by atoms with van der Waals surface area (Å²) >= 11 is 0. The van der Waals surface area contributed by atoms with Crippen LogP contribution in [-0.2, 0) is 34.0 Å². The van der Waals surface area contributed by atoms with Crippen LogP contribution in [0.2, 0.25) is 0 Å². The van der Waals surface area contributed by atoms with Gasteiger partial charge in [0.25, 0.3) is 0 Å². The largest absolute Gasteiger partial charge is 1.00 e. The van der Waals surface area contributed by atoms with Crippen molar-refractivity contribution >= 4 is 33.7 Å². The summed E-state index contributed by atoms with van der Waals surface area (Å²) in [6.45, 7) is 34.4. The third-order valence-corrected chi connectivity index (χ3v) is 10.7. The van der Waals surface area contributed by atoms with Crippen LogP contribution < -0.4 is 40.2 Å². The third kappa shape index (κ3) is 49.2. The summed E-state index contributed by atoms with van der Waals surface area (Å²) in [6, 6.07) is -0.575. The van der Waals surface area contributed by atoms with Gasteiger partial charge in [0.05, 0.1) is 76.2 Å². The van der Waals surface area contributed by atoms with E-state index in [2.05, 4.69) is 66.5 Å². The van der Waals surface area contributed by atoms with E-state index in [1.54, 1.807) is 20.8 Å². The molecule has 0 fully saturated rings. The van der Waals surface area contributed by atoms with Gasteiger partial charge in [0.15, 0.2) is 6.67 Å². The number of hydrogen-bond acceptors (Lipinski definition) is 8. The number of carbonyl (C=O) groups is 4. The first-order chi connectivity index (χ1) is 24.6. The van der Waals surface area contributed by atoms with Gasteiger partial charge in [-0.05, 0) is 66.2 Å². The number of carbonyl (C=O) groups excluding carboxylic acids is 4.